The van der Waals surface area contributed by atoms with Crippen LogP contribution in [-0.2, 0) is 0 Å². The minimum absolute atomic E-state index is 1.30. The van der Waals surface area contributed by atoms with Crippen LogP contribution in [0.1, 0.15) is 51.9 Å². The Labute approximate surface area is 97.3 Å². The van der Waals surface area contributed by atoms with Crippen molar-refractivity contribution < 1.29 is 0 Å². The monoisotopic (exact) mass is 230 g/mol. The second-order valence-corrected chi connectivity index (χ2v) is 6.31. The molecule has 0 saturated carbocycles. The van der Waals surface area contributed by atoms with E-state index >= 15 is 0 Å². The lowest BCUT2D eigenvalue weighted by Gasteiger charge is -2.12. The van der Waals surface area contributed by atoms with E-state index in [-0.39, 0.29) is 0 Å². The molecule has 14 heavy (non-hydrogen) atoms. The number of thioether (sulfide) groups is 2. The summed E-state index contributed by atoms with van der Waals surface area (Å²) in [6.45, 7) is 2.28. The van der Waals surface area contributed by atoms with Gasteiger partial charge in [-0.1, -0.05) is 38.7 Å². The standard InChI is InChI=1S/C12H22S2/c1-2-3-4-5-6-7-9-12-13-10-8-11-14-12/h9H,2-8,10-11H2,1H3. The third-order valence-electron chi connectivity index (χ3n) is 2.40. The molecule has 1 aliphatic rings. The molecule has 0 N–H and O–H groups in total. The SMILES string of the molecule is CCCCCCCC=C1SCCCS1. The van der Waals surface area contributed by atoms with E-state index in [1.807, 2.05) is 0 Å². The van der Waals surface area contributed by atoms with Gasteiger partial charge in [-0.2, -0.15) is 0 Å². The molecular weight excluding hydrogens is 208 g/mol. The van der Waals surface area contributed by atoms with E-state index in [0.29, 0.717) is 0 Å². The highest BCUT2D eigenvalue weighted by Gasteiger charge is 2.04. The average molecular weight is 230 g/mol. The minimum Gasteiger partial charge on any atom is -0.120 e. The van der Waals surface area contributed by atoms with Gasteiger partial charge in [0.15, 0.2) is 0 Å². The van der Waals surface area contributed by atoms with E-state index in [4.69, 9.17) is 0 Å². The van der Waals surface area contributed by atoms with Crippen molar-refractivity contribution in [2.45, 2.75) is 51.9 Å². The van der Waals surface area contributed by atoms with Crippen LogP contribution in [0.15, 0.2) is 10.3 Å². The molecule has 0 aromatic carbocycles. The van der Waals surface area contributed by atoms with Crippen LogP contribution in [0.25, 0.3) is 0 Å². The van der Waals surface area contributed by atoms with Crippen LogP contribution in [0.4, 0.5) is 0 Å². The Hall–Kier alpha value is 0.440. The molecule has 1 heterocycles. The third-order valence-corrected chi connectivity index (χ3v) is 4.99. The first-order chi connectivity index (χ1) is 6.93. The normalized spacial score (nSPS) is 17.1. The number of hydrogen-bond donors (Lipinski definition) is 0. The molecule has 0 radical (unpaired) electrons. The molecule has 0 atom stereocenters. The molecule has 1 aliphatic heterocycles. The Balaban J connectivity index is 1.95. The summed E-state index contributed by atoms with van der Waals surface area (Å²) in [5, 5.41) is 0. The molecule has 0 aromatic heterocycles. The maximum absolute atomic E-state index is 2.46. The summed E-state index contributed by atoms with van der Waals surface area (Å²) in [7, 11) is 0. The Morgan fingerprint density at radius 2 is 1.79 bits per heavy atom. The molecule has 82 valence electrons. The smallest absolute Gasteiger partial charge is 0.0360 e. The van der Waals surface area contributed by atoms with Crippen molar-refractivity contribution in [2.24, 2.45) is 0 Å². The van der Waals surface area contributed by atoms with Crippen LogP contribution in [-0.4, -0.2) is 11.5 Å². The second-order valence-electron chi connectivity index (χ2n) is 3.78. The summed E-state index contributed by atoms with van der Waals surface area (Å²) >= 11 is 4.11. The summed E-state index contributed by atoms with van der Waals surface area (Å²) in [5.74, 6) is 2.68. The van der Waals surface area contributed by atoms with Crippen molar-refractivity contribution in [1.29, 1.82) is 0 Å². The Kier molecular flexibility index (Phi) is 7.80. The zero-order chi connectivity index (χ0) is 10.1. The van der Waals surface area contributed by atoms with Gasteiger partial charge in [0.1, 0.15) is 0 Å². The van der Waals surface area contributed by atoms with E-state index in [9.17, 15) is 0 Å². The Morgan fingerprint density at radius 3 is 2.50 bits per heavy atom. The summed E-state index contributed by atoms with van der Waals surface area (Å²) < 4.78 is 1.59. The topological polar surface area (TPSA) is 0 Å². The highest BCUT2D eigenvalue weighted by atomic mass is 32.2. The number of rotatable bonds is 6. The Bertz CT molecular complexity index is 156. The van der Waals surface area contributed by atoms with Crippen molar-refractivity contribution in [3.8, 4) is 0 Å². The Morgan fingerprint density at radius 1 is 1.07 bits per heavy atom. The fourth-order valence-corrected chi connectivity index (χ4v) is 4.00. The van der Waals surface area contributed by atoms with E-state index in [1.54, 1.807) is 4.24 Å². The number of unbranched alkanes of at least 4 members (excludes halogenated alkanes) is 5. The largest absolute Gasteiger partial charge is 0.120 e. The summed E-state index contributed by atoms with van der Waals surface area (Å²) in [6, 6.07) is 0. The molecule has 2 heteroatoms. The molecule has 0 aromatic rings. The summed E-state index contributed by atoms with van der Waals surface area (Å²) in [5.41, 5.74) is 0. The fourth-order valence-electron chi connectivity index (χ4n) is 1.53. The quantitative estimate of drug-likeness (QED) is 0.585. The molecule has 0 unspecified atom stereocenters. The van der Waals surface area contributed by atoms with E-state index in [0.717, 1.165) is 0 Å². The van der Waals surface area contributed by atoms with E-state index < -0.39 is 0 Å². The van der Waals surface area contributed by atoms with Gasteiger partial charge >= 0.3 is 0 Å². The van der Waals surface area contributed by atoms with Crippen molar-refractivity contribution in [3.63, 3.8) is 0 Å². The van der Waals surface area contributed by atoms with Crippen LogP contribution in [0, 0.1) is 0 Å². The van der Waals surface area contributed by atoms with Crippen LogP contribution >= 0.6 is 23.5 Å². The van der Waals surface area contributed by atoms with Gasteiger partial charge < -0.3 is 0 Å². The van der Waals surface area contributed by atoms with Crippen molar-refractivity contribution in [3.05, 3.63) is 10.3 Å². The van der Waals surface area contributed by atoms with Crippen LogP contribution < -0.4 is 0 Å². The summed E-state index contributed by atoms with van der Waals surface area (Å²) in [4.78, 5) is 0. The highest BCUT2D eigenvalue weighted by molar-refractivity contribution is 8.22. The van der Waals surface area contributed by atoms with E-state index in [2.05, 4.69) is 36.5 Å². The van der Waals surface area contributed by atoms with Gasteiger partial charge in [0.05, 0.1) is 0 Å². The minimum atomic E-state index is 1.30. The first-order valence-corrected chi connectivity index (χ1v) is 7.86. The first-order valence-electron chi connectivity index (χ1n) is 5.89. The number of hydrogen-bond acceptors (Lipinski definition) is 2. The van der Waals surface area contributed by atoms with Gasteiger partial charge in [-0.05, 0) is 30.8 Å². The molecule has 0 bridgehead atoms. The summed E-state index contributed by atoms with van der Waals surface area (Å²) in [6.07, 6.45) is 12.2. The predicted octanol–water partition coefficient (Wildman–Crippen LogP) is 5.06. The second kappa shape index (κ2) is 8.72. The van der Waals surface area contributed by atoms with Crippen molar-refractivity contribution >= 4 is 23.5 Å². The van der Waals surface area contributed by atoms with Gasteiger partial charge in [-0.3, -0.25) is 0 Å². The predicted molar refractivity (Wildman–Crippen MR) is 71.0 cm³/mol. The highest BCUT2D eigenvalue weighted by Crippen LogP contribution is 2.34. The van der Waals surface area contributed by atoms with Crippen LogP contribution in [0.3, 0.4) is 0 Å². The van der Waals surface area contributed by atoms with Crippen LogP contribution in [0.2, 0.25) is 0 Å². The molecule has 0 aliphatic carbocycles. The maximum atomic E-state index is 2.46. The van der Waals surface area contributed by atoms with Crippen molar-refractivity contribution in [2.75, 3.05) is 11.5 Å². The van der Waals surface area contributed by atoms with Crippen molar-refractivity contribution in [1.82, 2.24) is 0 Å². The lowest BCUT2D eigenvalue weighted by molar-refractivity contribution is 0.637. The van der Waals surface area contributed by atoms with Gasteiger partial charge in [-0.25, -0.2) is 0 Å². The molecule has 1 rings (SSSR count). The molecular formula is C12H22S2. The maximum Gasteiger partial charge on any atom is 0.0360 e. The third kappa shape index (κ3) is 6.02. The molecule has 0 nitrogen and oxygen atoms in total. The molecule has 1 fully saturated rings. The van der Waals surface area contributed by atoms with E-state index in [1.165, 1.54) is 56.5 Å². The zero-order valence-corrected chi connectivity index (χ0v) is 10.9. The first kappa shape index (κ1) is 12.5. The molecule has 0 spiro atoms. The number of allylic oxidation sites excluding steroid dienone is 1. The van der Waals surface area contributed by atoms with Gasteiger partial charge in [0.2, 0.25) is 0 Å². The molecule has 1 saturated heterocycles. The molecule has 0 amide bonds. The lowest BCUT2D eigenvalue weighted by atomic mass is 10.1. The van der Waals surface area contributed by atoms with Gasteiger partial charge in [0.25, 0.3) is 0 Å². The van der Waals surface area contributed by atoms with Gasteiger partial charge in [-0.15, -0.1) is 23.5 Å². The lowest BCUT2D eigenvalue weighted by Crippen LogP contribution is -1.91. The zero-order valence-electron chi connectivity index (χ0n) is 9.26. The average Bonchev–Trinajstić information content (AvgIpc) is 2.25. The fraction of sp³-hybridized carbons (Fsp3) is 0.833. The van der Waals surface area contributed by atoms with Crippen LogP contribution in [0.5, 0.6) is 0 Å². The van der Waals surface area contributed by atoms with Gasteiger partial charge in [0, 0.05) is 4.24 Å².